The second-order valence-corrected chi connectivity index (χ2v) is 3.72. The Balaban J connectivity index is 2.28. The zero-order chi connectivity index (χ0) is 11.7. The smallest absolute Gasteiger partial charge is 0.229 e. The Labute approximate surface area is 92.9 Å². The van der Waals surface area contributed by atoms with Crippen LogP contribution in [-0.4, -0.2) is 35.9 Å². The second-order valence-electron chi connectivity index (χ2n) is 3.72. The van der Waals surface area contributed by atoms with E-state index in [4.69, 9.17) is 4.74 Å². The van der Waals surface area contributed by atoms with Crippen molar-refractivity contribution in [2.75, 3.05) is 18.6 Å². The second kappa shape index (κ2) is 4.02. The van der Waals surface area contributed by atoms with Crippen molar-refractivity contribution in [2.45, 2.75) is 12.5 Å². The molecule has 1 heterocycles. The van der Waals surface area contributed by atoms with Crippen molar-refractivity contribution in [1.82, 2.24) is 0 Å². The van der Waals surface area contributed by atoms with Crippen molar-refractivity contribution in [1.29, 1.82) is 0 Å². The van der Waals surface area contributed by atoms with Gasteiger partial charge in [-0.25, -0.2) is 0 Å². The van der Waals surface area contributed by atoms with Gasteiger partial charge < -0.3 is 19.8 Å². The van der Waals surface area contributed by atoms with E-state index in [9.17, 15) is 15.0 Å². The third kappa shape index (κ3) is 1.81. The van der Waals surface area contributed by atoms with Crippen molar-refractivity contribution in [3.05, 3.63) is 18.2 Å². The van der Waals surface area contributed by atoms with E-state index in [1.54, 1.807) is 12.1 Å². The Morgan fingerprint density at radius 2 is 2.25 bits per heavy atom. The summed E-state index contributed by atoms with van der Waals surface area (Å²) in [6.07, 6.45) is -0.496. The molecule has 0 spiro atoms. The molecule has 1 aromatic rings. The number of ether oxygens (including phenoxy) is 1. The van der Waals surface area contributed by atoms with Crippen LogP contribution < -0.4 is 9.64 Å². The molecule has 0 aromatic heterocycles. The van der Waals surface area contributed by atoms with Crippen LogP contribution in [0.2, 0.25) is 0 Å². The van der Waals surface area contributed by atoms with Gasteiger partial charge in [0.15, 0.2) is 11.5 Å². The van der Waals surface area contributed by atoms with Crippen molar-refractivity contribution in [2.24, 2.45) is 0 Å². The van der Waals surface area contributed by atoms with Gasteiger partial charge in [0.25, 0.3) is 0 Å². The summed E-state index contributed by atoms with van der Waals surface area (Å²) in [4.78, 5) is 13.0. The summed E-state index contributed by atoms with van der Waals surface area (Å²) < 4.78 is 4.91. The van der Waals surface area contributed by atoms with E-state index in [1.165, 1.54) is 18.1 Å². The van der Waals surface area contributed by atoms with Crippen molar-refractivity contribution >= 4 is 11.6 Å². The van der Waals surface area contributed by atoms with Crippen LogP contribution in [0.15, 0.2) is 18.2 Å². The Hall–Kier alpha value is -1.75. The number of carbonyl (C=O) groups excluding carboxylic acids is 1. The molecule has 0 saturated carbocycles. The summed E-state index contributed by atoms with van der Waals surface area (Å²) in [5.41, 5.74) is 0.569. The topological polar surface area (TPSA) is 70.0 Å². The number of carbonyl (C=O) groups is 1. The number of anilines is 1. The monoisotopic (exact) mass is 223 g/mol. The number of aromatic hydroxyl groups is 1. The molecule has 1 aromatic carbocycles. The van der Waals surface area contributed by atoms with Crippen molar-refractivity contribution in [3.8, 4) is 11.5 Å². The van der Waals surface area contributed by atoms with Gasteiger partial charge in [-0.15, -0.1) is 0 Å². The van der Waals surface area contributed by atoms with Gasteiger partial charge in [0.05, 0.1) is 26.2 Å². The molecule has 5 nitrogen and oxygen atoms in total. The fraction of sp³-hybridized carbons (Fsp3) is 0.364. The maximum Gasteiger partial charge on any atom is 0.229 e. The first-order valence-corrected chi connectivity index (χ1v) is 4.97. The summed E-state index contributed by atoms with van der Waals surface area (Å²) in [7, 11) is 1.46. The van der Waals surface area contributed by atoms with Gasteiger partial charge >= 0.3 is 0 Å². The van der Waals surface area contributed by atoms with Crippen LogP contribution in [0.25, 0.3) is 0 Å². The third-order valence-corrected chi connectivity index (χ3v) is 2.58. The van der Waals surface area contributed by atoms with E-state index in [0.29, 0.717) is 11.4 Å². The number of aliphatic hydroxyl groups excluding tert-OH is 1. The summed E-state index contributed by atoms with van der Waals surface area (Å²) in [5.74, 6) is 0.196. The summed E-state index contributed by atoms with van der Waals surface area (Å²) in [6.45, 7) is 0.268. The van der Waals surface area contributed by atoms with E-state index in [2.05, 4.69) is 0 Å². The highest BCUT2D eigenvalue weighted by Gasteiger charge is 2.29. The Kier molecular flexibility index (Phi) is 2.70. The van der Waals surface area contributed by atoms with Crippen LogP contribution >= 0.6 is 0 Å². The molecule has 0 aliphatic carbocycles. The fourth-order valence-electron chi connectivity index (χ4n) is 1.78. The van der Waals surface area contributed by atoms with E-state index in [-0.39, 0.29) is 24.6 Å². The SMILES string of the molecule is COc1ccc(N2CC(O)CC2=O)cc1O. The van der Waals surface area contributed by atoms with E-state index in [0.717, 1.165) is 0 Å². The highest BCUT2D eigenvalue weighted by Crippen LogP contribution is 2.32. The third-order valence-electron chi connectivity index (χ3n) is 2.58. The molecule has 5 heteroatoms. The average molecular weight is 223 g/mol. The lowest BCUT2D eigenvalue weighted by atomic mass is 10.2. The first-order valence-electron chi connectivity index (χ1n) is 4.97. The minimum Gasteiger partial charge on any atom is -0.504 e. The number of aliphatic hydroxyl groups is 1. The molecule has 1 aliphatic heterocycles. The van der Waals surface area contributed by atoms with Gasteiger partial charge in [0.2, 0.25) is 5.91 Å². The molecule has 1 atom stereocenters. The normalized spacial score (nSPS) is 20.2. The number of rotatable bonds is 2. The molecule has 2 N–H and O–H groups in total. The summed E-state index contributed by atoms with van der Waals surface area (Å²) >= 11 is 0. The number of nitrogens with zero attached hydrogens (tertiary/aromatic N) is 1. The van der Waals surface area contributed by atoms with Crippen LogP contribution in [0.1, 0.15) is 6.42 Å². The lowest BCUT2D eigenvalue weighted by Gasteiger charge is -2.16. The number of hydrogen-bond acceptors (Lipinski definition) is 4. The molecule has 1 fully saturated rings. The minimum atomic E-state index is -0.628. The zero-order valence-electron chi connectivity index (χ0n) is 8.88. The Morgan fingerprint density at radius 1 is 1.50 bits per heavy atom. The maximum atomic E-state index is 11.5. The summed E-state index contributed by atoms with van der Waals surface area (Å²) in [6, 6.07) is 4.71. The maximum absolute atomic E-state index is 11.5. The molecule has 0 bridgehead atoms. The summed E-state index contributed by atoms with van der Waals surface area (Å²) in [5, 5.41) is 18.9. The standard InChI is InChI=1S/C11H13NO4/c1-16-10-3-2-7(4-9(10)14)12-6-8(13)5-11(12)15/h2-4,8,13-14H,5-6H2,1H3. The van der Waals surface area contributed by atoms with Gasteiger partial charge in [0, 0.05) is 11.8 Å². The number of phenols is 1. The van der Waals surface area contributed by atoms with E-state index < -0.39 is 6.10 Å². The number of hydrogen-bond donors (Lipinski definition) is 2. The first-order chi connectivity index (χ1) is 7.61. The van der Waals surface area contributed by atoms with Crippen molar-refractivity contribution in [3.63, 3.8) is 0 Å². The molecule has 1 unspecified atom stereocenters. The number of amides is 1. The molecular formula is C11H13NO4. The Morgan fingerprint density at radius 3 is 2.75 bits per heavy atom. The van der Waals surface area contributed by atoms with E-state index in [1.807, 2.05) is 0 Å². The van der Waals surface area contributed by atoms with Crippen LogP contribution in [0.4, 0.5) is 5.69 Å². The fourth-order valence-corrected chi connectivity index (χ4v) is 1.78. The average Bonchev–Trinajstić information content (AvgIpc) is 2.58. The molecular weight excluding hydrogens is 210 g/mol. The van der Waals surface area contributed by atoms with Gasteiger partial charge in [-0.1, -0.05) is 0 Å². The molecule has 86 valence electrons. The highest BCUT2D eigenvalue weighted by molar-refractivity contribution is 5.96. The molecule has 1 saturated heterocycles. The zero-order valence-corrected chi connectivity index (χ0v) is 8.88. The lowest BCUT2D eigenvalue weighted by Crippen LogP contribution is -2.25. The van der Waals surface area contributed by atoms with Crippen LogP contribution in [0.5, 0.6) is 11.5 Å². The number of benzene rings is 1. The molecule has 2 rings (SSSR count). The predicted octanol–water partition coefficient (Wildman–Crippen LogP) is 0.498. The van der Waals surface area contributed by atoms with Gasteiger partial charge in [0.1, 0.15) is 0 Å². The molecule has 1 aliphatic rings. The van der Waals surface area contributed by atoms with Crippen LogP contribution in [0, 0.1) is 0 Å². The largest absolute Gasteiger partial charge is 0.504 e. The van der Waals surface area contributed by atoms with E-state index >= 15 is 0 Å². The predicted molar refractivity (Wildman–Crippen MR) is 57.6 cm³/mol. The van der Waals surface area contributed by atoms with Gasteiger partial charge in [-0.2, -0.15) is 0 Å². The molecule has 1 amide bonds. The van der Waals surface area contributed by atoms with Crippen LogP contribution in [0.3, 0.4) is 0 Å². The Bertz CT molecular complexity index is 418. The first kappa shape index (κ1) is 10.8. The van der Waals surface area contributed by atoms with Gasteiger partial charge in [-0.05, 0) is 12.1 Å². The number of β-amino-alcohol motifs (C(OH)–C–C–N with tert-alkyl or cyclic N) is 1. The number of methoxy groups -OCH3 is 1. The lowest BCUT2D eigenvalue weighted by molar-refractivity contribution is -0.117. The molecule has 0 radical (unpaired) electrons. The van der Waals surface area contributed by atoms with Gasteiger partial charge in [-0.3, -0.25) is 4.79 Å². The minimum absolute atomic E-state index is 0.0193. The van der Waals surface area contributed by atoms with Crippen LogP contribution in [-0.2, 0) is 4.79 Å². The molecule has 16 heavy (non-hydrogen) atoms. The highest BCUT2D eigenvalue weighted by atomic mass is 16.5. The number of phenolic OH excluding ortho intramolecular Hbond substituents is 1. The van der Waals surface area contributed by atoms with Crippen molar-refractivity contribution < 1.29 is 19.7 Å². The quantitative estimate of drug-likeness (QED) is 0.766.